The highest BCUT2D eigenvalue weighted by atomic mass is 16.4. The molecule has 1 aliphatic heterocycles. The molecule has 0 radical (unpaired) electrons. The monoisotopic (exact) mass is 151 g/mol. The van der Waals surface area contributed by atoms with Crippen LogP contribution < -0.4 is 0 Å². The Morgan fingerprint density at radius 3 is 3.09 bits per heavy atom. The number of allylic oxidation sites excluding steroid dienone is 1. The van der Waals surface area contributed by atoms with E-state index in [-0.39, 0.29) is 0 Å². The lowest BCUT2D eigenvalue weighted by Crippen LogP contribution is -2.07. The van der Waals surface area contributed by atoms with Crippen molar-refractivity contribution in [3.63, 3.8) is 0 Å². The molecule has 1 atom stereocenters. The van der Waals surface area contributed by atoms with Crippen molar-refractivity contribution in [1.29, 1.82) is 0 Å². The third-order valence-corrected chi connectivity index (χ3v) is 1.35. The molecule has 3 heteroatoms. The van der Waals surface area contributed by atoms with Crippen LogP contribution >= 0.6 is 0 Å². The van der Waals surface area contributed by atoms with Gasteiger partial charge in [0.1, 0.15) is 0 Å². The van der Waals surface area contributed by atoms with E-state index in [0.29, 0.717) is 6.42 Å². The lowest BCUT2D eigenvalue weighted by atomic mass is 10.1. The van der Waals surface area contributed by atoms with Crippen LogP contribution in [0.2, 0.25) is 0 Å². The second kappa shape index (κ2) is 3.71. The number of aliphatic carboxylic acids is 1. The number of nitrogens with zero attached hydrogens (tertiary/aromatic N) is 1. The first kappa shape index (κ1) is 7.72. The predicted octanol–water partition coefficient (Wildman–Crippen LogP) is 1.23. The highest BCUT2D eigenvalue weighted by Gasteiger charge is 2.08. The molecule has 1 rings (SSSR count). The van der Waals surface area contributed by atoms with Crippen molar-refractivity contribution in [2.45, 2.75) is 6.42 Å². The molecule has 0 aliphatic carbocycles. The average molecular weight is 151 g/mol. The van der Waals surface area contributed by atoms with Crippen molar-refractivity contribution in [1.82, 2.24) is 0 Å². The number of hydrogen-bond acceptors (Lipinski definition) is 2. The summed E-state index contributed by atoms with van der Waals surface area (Å²) in [5.41, 5.74) is 0. The summed E-state index contributed by atoms with van der Waals surface area (Å²) >= 11 is 0. The fraction of sp³-hybridized carbons (Fsp3) is 0.250. The molecule has 3 nitrogen and oxygen atoms in total. The Labute approximate surface area is 64.8 Å². The van der Waals surface area contributed by atoms with Crippen molar-refractivity contribution in [2.75, 3.05) is 0 Å². The average Bonchev–Trinajstić information content (AvgIpc) is 1.84. The molecule has 0 bridgehead atoms. The van der Waals surface area contributed by atoms with Gasteiger partial charge in [-0.25, -0.2) is 0 Å². The summed E-state index contributed by atoms with van der Waals surface area (Å²) in [6, 6.07) is 0. The van der Waals surface area contributed by atoms with Gasteiger partial charge in [0.25, 0.3) is 0 Å². The van der Waals surface area contributed by atoms with E-state index < -0.39 is 11.9 Å². The number of rotatable bonds is 1. The lowest BCUT2D eigenvalue weighted by molar-refractivity contribution is -0.138. The molecule has 58 valence electrons. The normalized spacial score (nSPS) is 28.5. The fourth-order valence-corrected chi connectivity index (χ4v) is 0.779. The fourth-order valence-electron chi connectivity index (χ4n) is 0.779. The summed E-state index contributed by atoms with van der Waals surface area (Å²) in [6.45, 7) is 0. The number of carboxylic acids is 1. The van der Waals surface area contributed by atoms with Crippen LogP contribution in [0.1, 0.15) is 6.42 Å². The molecule has 1 N–H and O–H groups in total. The highest BCUT2D eigenvalue weighted by molar-refractivity contribution is 5.75. The topological polar surface area (TPSA) is 49.7 Å². The van der Waals surface area contributed by atoms with Crippen LogP contribution in [0.25, 0.3) is 0 Å². The van der Waals surface area contributed by atoms with E-state index in [0.717, 1.165) is 0 Å². The van der Waals surface area contributed by atoms with Gasteiger partial charge < -0.3 is 5.11 Å². The van der Waals surface area contributed by atoms with Gasteiger partial charge in [-0.15, -0.1) is 0 Å². The lowest BCUT2D eigenvalue weighted by Gasteiger charge is -1.99. The van der Waals surface area contributed by atoms with Crippen LogP contribution in [0.15, 0.2) is 29.4 Å². The smallest absolute Gasteiger partial charge is 0.314 e. The third kappa shape index (κ3) is 2.37. The van der Waals surface area contributed by atoms with Gasteiger partial charge in [0, 0.05) is 18.8 Å². The van der Waals surface area contributed by atoms with Crippen LogP contribution in [-0.2, 0) is 4.79 Å². The molecular weight excluding hydrogens is 142 g/mol. The Kier molecular flexibility index (Phi) is 2.60. The first-order valence-corrected chi connectivity index (χ1v) is 3.38. The van der Waals surface area contributed by atoms with Gasteiger partial charge in [-0.1, -0.05) is 12.2 Å². The van der Waals surface area contributed by atoms with E-state index in [2.05, 4.69) is 4.99 Å². The Morgan fingerprint density at radius 2 is 2.36 bits per heavy atom. The summed E-state index contributed by atoms with van der Waals surface area (Å²) in [4.78, 5) is 14.3. The van der Waals surface area contributed by atoms with Crippen molar-refractivity contribution in [2.24, 2.45) is 10.9 Å². The van der Waals surface area contributed by atoms with Crippen molar-refractivity contribution in [3.8, 4) is 0 Å². The minimum Gasteiger partial charge on any atom is -0.481 e. The Balaban J connectivity index is 2.72. The molecule has 0 amide bonds. The van der Waals surface area contributed by atoms with E-state index in [1.165, 1.54) is 6.20 Å². The Bertz CT molecular complexity index is 228. The molecule has 11 heavy (non-hydrogen) atoms. The molecule has 0 spiro atoms. The molecular formula is C8H9NO2. The Morgan fingerprint density at radius 1 is 1.55 bits per heavy atom. The van der Waals surface area contributed by atoms with Crippen LogP contribution in [0.4, 0.5) is 0 Å². The minimum atomic E-state index is -0.838. The minimum absolute atomic E-state index is 0.521. The van der Waals surface area contributed by atoms with Gasteiger partial charge in [0.2, 0.25) is 0 Å². The van der Waals surface area contributed by atoms with E-state index >= 15 is 0 Å². The van der Waals surface area contributed by atoms with Crippen molar-refractivity contribution in [3.05, 3.63) is 24.4 Å². The molecule has 0 saturated heterocycles. The SMILES string of the molecule is O=C(O)C1C=CC/C=N\C=C/1. The zero-order valence-electron chi connectivity index (χ0n) is 5.97. The van der Waals surface area contributed by atoms with E-state index in [4.69, 9.17) is 5.11 Å². The quantitative estimate of drug-likeness (QED) is 0.573. The third-order valence-electron chi connectivity index (χ3n) is 1.35. The van der Waals surface area contributed by atoms with Crippen LogP contribution in [0, 0.1) is 5.92 Å². The highest BCUT2D eigenvalue weighted by Crippen LogP contribution is 2.04. The molecule has 0 saturated carbocycles. The van der Waals surface area contributed by atoms with Gasteiger partial charge in [0.05, 0.1) is 5.92 Å². The molecule has 1 unspecified atom stereocenters. The molecule has 0 aromatic carbocycles. The molecule has 1 heterocycles. The van der Waals surface area contributed by atoms with Crippen molar-refractivity contribution < 1.29 is 9.90 Å². The maximum atomic E-state index is 10.5. The summed E-state index contributed by atoms with van der Waals surface area (Å²) in [6.07, 6.45) is 8.95. The van der Waals surface area contributed by atoms with Gasteiger partial charge in [-0.2, -0.15) is 0 Å². The molecule has 0 fully saturated rings. The van der Waals surface area contributed by atoms with Crippen molar-refractivity contribution >= 4 is 12.2 Å². The number of hydrogen-bond donors (Lipinski definition) is 1. The van der Waals surface area contributed by atoms with E-state index in [1.807, 2.05) is 0 Å². The standard InChI is InChI=1S/C8H9NO2/c10-8(11)7-3-1-2-5-9-6-4-7/h1,3-7H,2H2,(H,10,11)/b3-1?,6-4-,9-5-. The largest absolute Gasteiger partial charge is 0.481 e. The number of carbonyl (C=O) groups is 1. The van der Waals surface area contributed by atoms with Crippen LogP contribution in [0.5, 0.6) is 0 Å². The predicted molar refractivity (Wildman–Crippen MR) is 42.5 cm³/mol. The number of aliphatic imine (C=N–C) groups is 1. The zero-order chi connectivity index (χ0) is 8.10. The molecule has 1 aliphatic rings. The maximum Gasteiger partial charge on any atom is 0.314 e. The Hall–Kier alpha value is -1.38. The first-order valence-electron chi connectivity index (χ1n) is 3.38. The summed E-state index contributed by atoms with van der Waals surface area (Å²) in [5, 5.41) is 8.60. The molecule has 0 aromatic rings. The summed E-state index contributed by atoms with van der Waals surface area (Å²) in [7, 11) is 0. The first-order chi connectivity index (χ1) is 5.30. The van der Waals surface area contributed by atoms with E-state index in [9.17, 15) is 4.79 Å². The van der Waals surface area contributed by atoms with Gasteiger partial charge >= 0.3 is 5.97 Å². The summed E-state index contributed by atoms with van der Waals surface area (Å²) < 4.78 is 0. The number of carboxylic acid groups (broad SMARTS) is 1. The zero-order valence-corrected chi connectivity index (χ0v) is 5.97. The van der Waals surface area contributed by atoms with Gasteiger partial charge in [0.15, 0.2) is 0 Å². The maximum absolute atomic E-state index is 10.5. The molecule has 0 aromatic heterocycles. The van der Waals surface area contributed by atoms with E-state index in [1.54, 1.807) is 24.4 Å². The van der Waals surface area contributed by atoms with Gasteiger partial charge in [-0.3, -0.25) is 9.79 Å². The van der Waals surface area contributed by atoms with Crippen LogP contribution in [0.3, 0.4) is 0 Å². The van der Waals surface area contributed by atoms with Crippen LogP contribution in [-0.4, -0.2) is 17.3 Å². The summed E-state index contributed by atoms with van der Waals surface area (Å²) in [5.74, 6) is -1.36. The second-order valence-corrected chi connectivity index (χ2v) is 2.20. The second-order valence-electron chi connectivity index (χ2n) is 2.20. The van der Waals surface area contributed by atoms with Gasteiger partial charge in [-0.05, 0) is 6.08 Å².